The molecule has 0 aliphatic heterocycles. The monoisotopic (exact) mass is 155 g/mol. The third kappa shape index (κ3) is 6.11. The molecule has 0 aromatic rings. The Balaban J connectivity index is 3.29. The number of nitrogens with one attached hydrogen (secondary N) is 1. The van der Waals surface area contributed by atoms with E-state index in [1.807, 2.05) is 0 Å². The van der Waals surface area contributed by atoms with Gasteiger partial charge in [-0.1, -0.05) is 32.4 Å². The zero-order valence-electron chi connectivity index (χ0n) is 8.11. The van der Waals surface area contributed by atoms with E-state index in [0.717, 1.165) is 13.0 Å². The molecule has 0 rings (SSSR count). The molecule has 0 aliphatic rings. The molecule has 1 atom stereocenters. The Morgan fingerprint density at radius 2 is 2.09 bits per heavy atom. The third-order valence-corrected chi connectivity index (χ3v) is 1.92. The van der Waals surface area contributed by atoms with Gasteiger partial charge in [-0.3, -0.25) is 0 Å². The second kappa shape index (κ2) is 6.41. The van der Waals surface area contributed by atoms with E-state index in [0.29, 0.717) is 6.04 Å². The van der Waals surface area contributed by atoms with Crippen LogP contribution in [0.5, 0.6) is 0 Å². The fraction of sp³-hybridized carbons (Fsp3) is 0.800. The van der Waals surface area contributed by atoms with Gasteiger partial charge in [-0.05, 0) is 19.8 Å². The van der Waals surface area contributed by atoms with Gasteiger partial charge < -0.3 is 5.32 Å². The molecule has 0 saturated heterocycles. The Bertz CT molecular complexity index is 107. The van der Waals surface area contributed by atoms with Crippen molar-refractivity contribution in [2.45, 2.75) is 46.1 Å². The molecule has 1 unspecified atom stereocenters. The first kappa shape index (κ1) is 10.7. The predicted octanol–water partition coefficient (Wildman–Crippen LogP) is 2.73. The van der Waals surface area contributed by atoms with Gasteiger partial charge in [0.25, 0.3) is 0 Å². The van der Waals surface area contributed by atoms with E-state index in [1.165, 1.54) is 18.4 Å². The molecule has 66 valence electrons. The average molecular weight is 155 g/mol. The van der Waals surface area contributed by atoms with Gasteiger partial charge in [0.15, 0.2) is 0 Å². The van der Waals surface area contributed by atoms with Crippen LogP contribution in [0.1, 0.15) is 40.0 Å². The Labute approximate surface area is 70.9 Å². The fourth-order valence-corrected chi connectivity index (χ4v) is 0.979. The highest BCUT2D eigenvalue weighted by atomic mass is 14.9. The van der Waals surface area contributed by atoms with E-state index in [4.69, 9.17) is 0 Å². The second-order valence-corrected chi connectivity index (χ2v) is 3.17. The van der Waals surface area contributed by atoms with Gasteiger partial charge in [0, 0.05) is 12.6 Å². The highest BCUT2D eigenvalue weighted by molar-refractivity contribution is 4.95. The largest absolute Gasteiger partial charge is 0.311 e. The summed E-state index contributed by atoms with van der Waals surface area (Å²) in [6.45, 7) is 11.5. The summed E-state index contributed by atoms with van der Waals surface area (Å²) >= 11 is 0. The van der Waals surface area contributed by atoms with Gasteiger partial charge in [0.2, 0.25) is 0 Å². The van der Waals surface area contributed by atoms with Crippen LogP contribution in [0.15, 0.2) is 12.2 Å². The molecule has 0 radical (unpaired) electrons. The highest BCUT2D eigenvalue weighted by Crippen LogP contribution is 1.98. The molecule has 0 bridgehead atoms. The van der Waals surface area contributed by atoms with E-state index in [2.05, 4.69) is 32.7 Å². The van der Waals surface area contributed by atoms with Gasteiger partial charge in [0.05, 0.1) is 0 Å². The van der Waals surface area contributed by atoms with Crippen LogP contribution in [-0.4, -0.2) is 12.6 Å². The first-order valence-electron chi connectivity index (χ1n) is 4.60. The fourth-order valence-electron chi connectivity index (χ4n) is 0.979. The van der Waals surface area contributed by atoms with Crippen LogP contribution in [0.3, 0.4) is 0 Å². The standard InChI is InChI=1S/C10H21N/c1-5-7-10(4)11-8-9(3)6-2/h10-11H,3,5-8H2,1-2,4H3. The van der Waals surface area contributed by atoms with Crippen molar-refractivity contribution in [1.29, 1.82) is 0 Å². The van der Waals surface area contributed by atoms with E-state index in [1.54, 1.807) is 0 Å². The first-order valence-corrected chi connectivity index (χ1v) is 4.60. The lowest BCUT2D eigenvalue weighted by molar-refractivity contribution is 0.527. The van der Waals surface area contributed by atoms with Crippen molar-refractivity contribution in [2.75, 3.05) is 6.54 Å². The third-order valence-electron chi connectivity index (χ3n) is 1.92. The Kier molecular flexibility index (Phi) is 6.24. The first-order chi connectivity index (χ1) is 5.20. The number of hydrogen-bond acceptors (Lipinski definition) is 1. The Morgan fingerprint density at radius 1 is 1.45 bits per heavy atom. The van der Waals surface area contributed by atoms with Crippen molar-refractivity contribution >= 4 is 0 Å². The topological polar surface area (TPSA) is 12.0 Å². The lowest BCUT2D eigenvalue weighted by atomic mass is 10.1. The van der Waals surface area contributed by atoms with Crippen LogP contribution in [0, 0.1) is 0 Å². The van der Waals surface area contributed by atoms with Gasteiger partial charge in [-0.2, -0.15) is 0 Å². The van der Waals surface area contributed by atoms with Crippen molar-refractivity contribution in [3.05, 3.63) is 12.2 Å². The van der Waals surface area contributed by atoms with Crippen LogP contribution in [0.4, 0.5) is 0 Å². The van der Waals surface area contributed by atoms with Crippen LogP contribution in [0.2, 0.25) is 0 Å². The smallest absolute Gasteiger partial charge is 0.0164 e. The minimum Gasteiger partial charge on any atom is -0.311 e. The number of hydrogen-bond donors (Lipinski definition) is 1. The molecule has 1 heteroatoms. The van der Waals surface area contributed by atoms with Crippen LogP contribution in [-0.2, 0) is 0 Å². The van der Waals surface area contributed by atoms with E-state index in [9.17, 15) is 0 Å². The van der Waals surface area contributed by atoms with Crippen LogP contribution < -0.4 is 5.32 Å². The quantitative estimate of drug-likeness (QED) is 0.582. The second-order valence-electron chi connectivity index (χ2n) is 3.17. The maximum Gasteiger partial charge on any atom is 0.0164 e. The molecule has 11 heavy (non-hydrogen) atoms. The van der Waals surface area contributed by atoms with Crippen molar-refractivity contribution in [3.8, 4) is 0 Å². The molecule has 0 aromatic heterocycles. The summed E-state index contributed by atoms with van der Waals surface area (Å²) in [5, 5.41) is 3.43. The van der Waals surface area contributed by atoms with Gasteiger partial charge in [-0.25, -0.2) is 0 Å². The molecule has 0 saturated carbocycles. The van der Waals surface area contributed by atoms with Crippen molar-refractivity contribution < 1.29 is 0 Å². The average Bonchev–Trinajstić information content (AvgIpc) is 2.01. The van der Waals surface area contributed by atoms with Gasteiger partial charge in [0.1, 0.15) is 0 Å². The summed E-state index contributed by atoms with van der Waals surface area (Å²) in [6, 6.07) is 0.642. The summed E-state index contributed by atoms with van der Waals surface area (Å²) in [6.07, 6.45) is 3.61. The van der Waals surface area contributed by atoms with Gasteiger partial charge >= 0.3 is 0 Å². The molecule has 0 amide bonds. The summed E-state index contributed by atoms with van der Waals surface area (Å²) in [7, 11) is 0. The highest BCUT2D eigenvalue weighted by Gasteiger charge is 1.98. The van der Waals surface area contributed by atoms with Crippen molar-refractivity contribution in [3.63, 3.8) is 0 Å². The van der Waals surface area contributed by atoms with E-state index in [-0.39, 0.29) is 0 Å². The molecular weight excluding hydrogens is 134 g/mol. The maximum absolute atomic E-state index is 3.94. The molecule has 0 fully saturated rings. The molecule has 0 aliphatic carbocycles. The van der Waals surface area contributed by atoms with E-state index >= 15 is 0 Å². The summed E-state index contributed by atoms with van der Waals surface area (Å²) in [4.78, 5) is 0. The zero-order chi connectivity index (χ0) is 8.69. The molecule has 0 spiro atoms. The molecule has 0 aromatic carbocycles. The number of rotatable bonds is 6. The lowest BCUT2D eigenvalue weighted by Gasteiger charge is -2.12. The summed E-state index contributed by atoms with van der Waals surface area (Å²) < 4.78 is 0. The van der Waals surface area contributed by atoms with Gasteiger partial charge in [-0.15, -0.1) is 0 Å². The maximum atomic E-state index is 3.94. The summed E-state index contributed by atoms with van der Waals surface area (Å²) in [5.74, 6) is 0. The van der Waals surface area contributed by atoms with Crippen LogP contribution in [0.25, 0.3) is 0 Å². The SMILES string of the molecule is C=C(CC)CNC(C)CCC. The lowest BCUT2D eigenvalue weighted by Crippen LogP contribution is -2.27. The molecular formula is C10H21N. The summed E-state index contributed by atoms with van der Waals surface area (Å²) in [5.41, 5.74) is 1.30. The van der Waals surface area contributed by atoms with E-state index < -0.39 is 0 Å². The Hall–Kier alpha value is -0.300. The Morgan fingerprint density at radius 3 is 2.55 bits per heavy atom. The predicted molar refractivity (Wildman–Crippen MR) is 51.8 cm³/mol. The minimum atomic E-state index is 0.642. The zero-order valence-corrected chi connectivity index (χ0v) is 8.11. The minimum absolute atomic E-state index is 0.642. The van der Waals surface area contributed by atoms with Crippen LogP contribution >= 0.6 is 0 Å². The molecule has 1 nitrogen and oxygen atoms in total. The molecule has 0 heterocycles. The normalized spacial score (nSPS) is 13.0. The van der Waals surface area contributed by atoms with Crippen molar-refractivity contribution in [2.24, 2.45) is 0 Å². The van der Waals surface area contributed by atoms with Crippen molar-refractivity contribution in [1.82, 2.24) is 5.32 Å². The molecule has 1 N–H and O–H groups in total.